The van der Waals surface area contributed by atoms with Crippen molar-refractivity contribution in [2.24, 2.45) is 0 Å². The van der Waals surface area contributed by atoms with Gasteiger partial charge in [0, 0.05) is 12.1 Å². The molecule has 2 saturated heterocycles. The summed E-state index contributed by atoms with van der Waals surface area (Å²) in [6, 6.07) is 6.15. The van der Waals surface area contributed by atoms with Crippen LogP contribution in [-0.4, -0.2) is 131 Å². The van der Waals surface area contributed by atoms with Crippen molar-refractivity contribution in [1.82, 2.24) is 0 Å². The third-order valence-corrected chi connectivity index (χ3v) is 7.56. The molecule has 10 N–H and O–H groups in total. The maximum atomic E-state index is 12.9. The molecule has 0 aromatic heterocycles. The fourth-order valence-corrected chi connectivity index (χ4v) is 5.17. The Kier molecular flexibility index (Phi) is 8.96. The molecule has 0 radical (unpaired) electrons. The molecule has 5 rings (SSSR count). The van der Waals surface area contributed by atoms with Gasteiger partial charge in [0.1, 0.15) is 71.6 Å². The van der Waals surface area contributed by atoms with Crippen molar-refractivity contribution >= 4 is 5.78 Å². The minimum Gasteiger partial charge on any atom is -0.507 e. The molecule has 0 spiro atoms. The molecule has 0 saturated carbocycles. The lowest BCUT2D eigenvalue weighted by molar-refractivity contribution is -0.357. The summed E-state index contributed by atoms with van der Waals surface area (Å²) in [5.41, 5.74) is 0.195. The van der Waals surface area contributed by atoms with Crippen LogP contribution in [0, 0.1) is 0 Å². The van der Waals surface area contributed by atoms with E-state index < -0.39 is 98.0 Å². The standard InChI is InChI=1S/C27H32O16/c28-7-17-20(34)22(36)24(38)26(41-17)43-25-23(37)21(35)18(8-29)42-27(25)39-10-4-13(32)19-14(33)6-15(40-16(19)5-10)9-1-2-11(30)12(31)3-9/h1-5,15,17-18,20-32,34-38H,6-8H2/t15?,17-,18-,20-,21-,22+,23+,24-,25-,26+,27-/m1/s1. The van der Waals surface area contributed by atoms with E-state index in [2.05, 4.69) is 0 Å². The number of benzene rings is 2. The molecule has 2 fully saturated rings. The molecule has 2 aromatic rings. The lowest BCUT2D eigenvalue weighted by Crippen LogP contribution is -2.65. The van der Waals surface area contributed by atoms with Crippen LogP contribution in [0.25, 0.3) is 0 Å². The number of ketones is 1. The van der Waals surface area contributed by atoms with Crippen LogP contribution in [0.2, 0.25) is 0 Å². The van der Waals surface area contributed by atoms with Crippen LogP contribution in [-0.2, 0) is 14.2 Å². The summed E-state index contributed by atoms with van der Waals surface area (Å²) in [5.74, 6) is -2.15. The molecular weight excluding hydrogens is 580 g/mol. The Morgan fingerprint density at radius 3 is 2.05 bits per heavy atom. The number of phenols is 3. The van der Waals surface area contributed by atoms with Crippen molar-refractivity contribution in [3.05, 3.63) is 41.5 Å². The molecule has 236 valence electrons. The van der Waals surface area contributed by atoms with E-state index in [9.17, 15) is 55.9 Å². The van der Waals surface area contributed by atoms with E-state index >= 15 is 0 Å². The van der Waals surface area contributed by atoms with Crippen LogP contribution in [0.3, 0.4) is 0 Å². The van der Waals surface area contributed by atoms with Gasteiger partial charge in [-0.05, 0) is 17.7 Å². The lowest BCUT2D eigenvalue weighted by atomic mass is 9.95. The van der Waals surface area contributed by atoms with Gasteiger partial charge in [-0.15, -0.1) is 0 Å². The molecule has 16 nitrogen and oxygen atoms in total. The van der Waals surface area contributed by atoms with E-state index in [0.717, 1.165) is 6.07 Å². The highest BCUT2D eigenvalue weighted by Gasteiger charge is 2.51. The minimum absolute atomic E-state index is 0.120. The number of Topliss-reactive ketones (excluding diaryl/α,β-unsaturated/α-hetero) is 1. The number of aromatic hydroxyl groups is 3. The van der Waals surface area contributed by atoms with Gasteiger partial charge >= 0.3 is 0 Å². The third kappa shape index (κ3) is 5.94. The van der Waals surface area contributed by atoms with Crippen molar-refractivity contribution < 1.29 is 79.5 Å². The molecule has 3 heterocycles. The number of fused-ring (bicyclic) bond motifs is 1. The summed E-state index contributed by atoms with van der Waals surface area (Å²) in [5, 5.41) is 101. The minimum atomic E-state index is -1.87. The van der Waals surface area contributed by atoms with Crippen molar-refractivity contribution in [2.75, 3.05) is 13.2 Å². The summed E-state index contributed by atoms with van der Waals surface area (Å²) in [7, 11) is 0. The normalized spacial score (nSPS) is 36.1. The first-order valence-corrected chi connectivity index (χ1v) is 13.3. The quantitative estimate of drug-likeness (QED) is 0.145. The Morgan fingerprint density at radius 1 is 0.744 bits per heavy atom. The fourth-order valence-electron chi connectivity index (χ4n) is 5.17. The monoisotopic (exact) mass is 612 g/mol. The zero-order chi connectivity index (χ0) is 31.2. The van der Waals surface area contributed by atoms with E-state index in [1.54, 1.807) is 0 Å². The van der Waals surface area contributed by atoms with E-state index in [-0.39, 0.29) is 29.2 Å². The van der Waals surface area contributed by atoms with Gasteiger partial charge in [-0.25, -0.2) is 0 Å². The Labute approximate surface area is 243 Å². The molecule has 0 amide bonds. The van der Waals surface area contributed by atoms with Gasteiger partial charge in [-0.1, -0.05) is 6.07 Å². The number of hydrogen-bond acceptors (Lipinski definition) is 16. The van der Waals surface area contributed by atoms with Crippen molar-refractivity contribution in [2.45, 2.75) is 73.9 Å². The van der Waals surface area contributed by atoms with Crippen molar-refractivity contribution in [3.63, 3.8) is 0 Å². The van der Waals surface area contributed by atoms with E-state index in [0.29, 0.717) is 5.56 Å². The van der Waals surface area contributed by atoms with Gasteiger partial charge < -0.3 is 74.7 Å². The Bertz CT molecular complexity index is 1320. The lowest BCUT2D eigenvalue weighted by Gasteiger charge is -2.45. The summed E-state index contributed by atoms with van der Waals surface area (Å²) >= 11 is 0. The molecule has 43 heavy (non-hydrogen) atoms. The highest BCUT2D eigenvalue weighted by atomic mass is 16.8. The average Bonchev–Trinajstić information content (AvgIpc) is 2.97. The zero-order valence-corrected chi connectivity index (χ0v) is 22.3. The van der Waals surface area contributed by atoms with Gasteiger partial charge in [0.15, 0.2) is 29.7 Å². The van der Waals surface area contributed by atoms with E-state index in [1.165, 1.54) is 24.3 Å². The molecular formula is C27H32O16. The number of carbonyl (C=O) groups excluding carboxylic acids is 1. The Morgan fingerprint density at radius 2 is 1.40 bits per heavy atom. The van der Waals surface area contributed by atoms with Crippen LogP contribution in [0.4, 0.5) is 0 Å². The predicted octanol–water partition coefficient (Wildman–Crippen LogP) is -2.49. The van der Waals surface area contributed by atoms with Gasteiger partial charge in [0.2, 0.25) is 6.29 Å². The maximum Gasteiger partial charge on any atom is 0.229 e. The number of aliphatic hydroxyl groups excluding tert-OH is 7. The van der Waals surface area contributed by atoms with Gasteiger partial charge in [-0.2, -0.15) is 0 Å². The highest BCUT2D eigenvalue weighted by molar-refractivity contribution is 6.02. The number of ether oxygens (including phenoxy) is 5. The maximum absolute atomic E-state index is 12.9. The van der Waals surface area contributed by atoms with Crippen molar-refractivity contribution in [1.29, 1.82) is 0 Å². The van der Waals surface area contributed by atoms with Crippen LogP contribution in [0.15, 0.2) is 30.3 Å². The van der Waals surface area contributed by atoms with Crippen LogP contribution in [0.5, 0.6) is 28.7 Å². The van der Waals surface area contributed by atoms with E-state index in [1.807, 2.05) is 0 Å². The molecule has 3 aliphatic rings. The summed E-state index contributed by atoms with van der Waals surface area (Å²) in [6.45, 7) is -1.53. The predicted molar refractivity (Wildman–Crippen MR) is 137 cm³/mol. The second-order valence-corrected chi connectivity index (χ2v) is 10.4. The molecule has 0 bridgehead atoms. The van der Waals surface area contributed by atoms with Crippen molar-refractivity contribution in [3.8, 4) is 28.7 Å². The van der Waals surface area contributed by atoms with Gasteiger partial charge in [0.25, 0.3) is 0 Å². The van der Waals surface area contributed by atoms with Gasteiger partial charge in [-0.3, -0.25) is 4.79 Å². The number of rotatable bonds is 7. The largest absolute Gasteiger partial charge is 0.507 e. The first kappa shape index (κ1) is 31.1. The van der Waals surface area contributed by atoms with Crippen LogP contribution < -0.4 is 9.47 Å². The first-order valence-electron chi connectivity index (χ1n) is 13.3. The second-order valence-electron chi connectivity index (χ2n) is 10.4. The molecule has 3 aliphatic heterocycles. The number of carbonyl (C=O) groups is 1. The highest BCUT2D eigenvalue weighted by Crippen LogP contribution is 2.43. The van der Waals surface area contributed by atoms with Crippen LogP contribution >= 0.6 is 0 Å². The summed E-state index contributed by atoms with van der Waals surface area (Å²) in [4.78, 5) is 12.9. The zero-order valence-electron chi connectivity index (χ0n) is 22.3. The molecule has 16 heteroatoms. The smallest absolute Gasteiger partial charge is 0.229 e. The molecule has 1 unspecified atom stereocenters. The topological polar surface area (TPSA) is 266 Å². The Balaban J connectivity index is 1.42. The number of hydrogen-bond donors (Lipinski definition) is 10. The van der Waals surface area contributed by atoms with E-state index in [4.69, 9.17) is 23.7 Å². The number of aliphatic hydroxyl groups is 7. The average molecular weight is 613 g/mol. The molecule has 0 aliphatic carbocycles. The van der Waals surface area contributed by atoms with Gasteiger partial charge in [0.05, 0.1) is 19.6 Å². The van der Waals surface area contributed by atoms with Crippen LogP contribution in [0.1, 0.15) is 28.4 Å². The third-order valence-electron chi connectivity index (χ3n) is 7.56. The first-order chi connectivity index (χ1) is 20.4. The molecule has 11 atom stereocenters. The summed E-state index contributed by atoms with van der Waals surface area (Å²) < 4.78 is 28.2. The fraction of sp³-hybridized carbons (Fsp3) is 0.519. The second kappa shape index (κ2) is 12.4. The Hall–Kier alpha value is -3.29. The number of phenolic OH excluding ortho intramolecular Hbond substituents is 3. The molecule has 2 aromatic carbocycles. The summed E-state index contributed by atoms with van der Waals surface area (Å²) in [6.07, 6.45) is -17.9. The SMILES string of the molecule is O=C1CC(c2ccc(O)c(O)c2)Oc2cc(O[C@@H]3O[C@H](CO)[C@@H](O)[C@H](O)[C@H]3O[C@@H]3O[C@H](CO)[C@@H](O)[C@H](O)[C@H]3O)cc(O)c21.